The summed E-state index contributed by atoms with van der Waals surface area (Å²) in [5.41, 5.74) is 2.20. The Morgan fingerprint density at radius 3 is 2.21 bits per heavy atom. The highest BCUT2D eigenvalue weighted by Crippen LogP contribution is 2.36. The van der Waals surface area contributed by atoms with Crippen LogP contribution in [0, 0.1) is 0 Å². The second-order valence-electron chi connectivity index (χ2n) is 6.85. The van der Waals surface area contributed by atoms with Gasteiger partial charge in [-0.25, -0.2) is 4.79 Å². The molecule has 4 rings (SSSR count). The van der Waals surface area contributed by atoms with E-state index in [0.717, 1.165) is 36.4 Å². The SMILES string of the molecule is O=C(NC(c1ccccc1)c1ccccc1)N1CCSC(c2cccs2)CC1. The van der Waals surface area contributed by atoms with Crippen molar-refractivity contribution < 1.29 is 4.79 Å². The molecule has 1 fully saturated rings. The molecule has 1 saturated heterocycles. The topological polar surface area (TPSA) is 32.3 Å². The van der Waals surface area contributed by atoms with E-state index >= 15 is 0 Å². The molecule has 144 valence electrons. The average molecular weight is 409 g/mol. The van der Waals surface area contributed by atoms with Gasteiger partial charge in [-0.15, -0.1) is 11.3 Å². The Hall–Kier alpha value is -2.24. The molecule has 1 aromatic heterocycles. The molecule has 2 aromatic carbocycles. The number of urea groups is 1. The van der Waals surface area contributed by atoms with E-state index in [2.05, 4.69) is 47.1 Å². The van der Waals surface area contributed by atoms with Crippen LogP contribution in [0.1, 0.15) is 33.7 Å². The van der Waals surface area contributed by atoms with Crippen LogP contribution < -0.4 is 5.32 Å². The molecular formula is C23H24N2OS2. The predicted molar refractivity (Wildman–Crippen MR) is 119 cm³/mol. The van der Waals surface area contributed by atoms with Crippen molar-refractivity contribution in [3.8, 4) is 0 Å². The van der Waals surface area contributed by atoms with Crippen LogP contribution in [0.5, 0.6) is 0 Å². The van der Waals surface area contributed by atoms with Gasteiger partial charge < -0.3 is 10.2 Å². The molecule has 2 heterocycles. The van der Waals surface area contributed by atoms with E-state index in [1.807, 2.05) is 64.4 Å². The van der Waals surface area contributed by atoms with Crippen molar-refractivity contribution in [2.75, 3.05) is 18.8 Å². The molecule has 3 nitrogen and oxygen atoms in total. The lowest BCUT2D eigenvalue weighted by Gasteiger charge is -2.26. The van der Waals surface area contributed by atoms with Gasteiger partial charge in [-0.3, -0.25) is 0 Å². The third kappa shape index (κ3) is 4.59. The smallest absolute Gasteiger partial charge is 0.318 e. The molecule has 1 aliphatic rings. The first-order valence-corrected chi connectivity index (χ1v) is 11.5. The number of thioether (sulfide) groups is 1. The summed E-state index contributed by atoms with van der Waals surface area (Å²) in [6.45, 7) is 1.58. The largest absolute Gasteiger partial charge is 0.327 e. The first-order chi connectivity index (χ1) is 13.8. The fourth-order valence-electron chi connectivity index (χ4n) is 3.54. The highest BCUT2D eigenvalue weighted by atomic mass is 32.2. The van der Waals surface area contributed by atoms with Gasteiger partial charge in [-0.05, 0) is 29.0 Å². The summed E-state index contributed by atoms with van der Waals surface area (Å²) >= 11 is 3.78. The zero-order chi connectivity index (χ0) is 19.2. The van der Waals surface area contributed by atoms with Gasteiger partial charge in [0.2, 0.25) is 0 Å². The molecule has 0 bridgehead atoms. The maximum absolute atomic E-state index is 13.1. The van der Waals surface area contributed by atoms with Crippen LogP contribution in [0.2, 0.25) is 0 Å². The van der Waals surface area contributed by atoms with E-state index in [1.165, 1.54) is 4.88 Å². The van der Waals surface area contributed by atoms with Gasteiger partial charge in [0.1, 0.15) is 0 Å². The molecule has 1 atom stereocenters. The predicted octanol–water partition coefficient (Wildman–Crippen LogP) is 5.73. The Morgan fingerprint density at radius 2 is 1.61 bits per heavy atom. The quantitative estimate of drug-likeness (QED) is 0.598. The second-order valence-corrected chi connectivity index (χ2v) is 9.14. The van der Waals surface area contributed by atoms with Crippen molar-refractivity contribution >= 4 is 29.1 Å². The molecule has 1 N–H and O–H groups in total. The molecule has 0 spiro atoms. The normalized spacial score (nSPS) is 17.3. The molecule has 0 radical (unpaired) electrons. The third-order valence-electron chi connectivity index (χ3n) is 5.02. The summed E-state index contributed by atoms with van der Waals surface area (Å²) in [4.78, 5) is 16.5. The van der Waals surface area contributed by atoms with Gasteiger partial charge in [-0.1, -0.05) is 66.7 Å². The van der Waals surface area contributed by atoms with Gasteiger partial charge in [-0.2, -0.15) is 11.8 Å². The van der Waals surface area contributed by atoms with E-state index < -0.39 is 0 Å². The lowest BCUT2D eigenvalue weighted by Crippen LogP contribution is -2.43. The average Bonchev–Trinajstić information content (AvgIpc) is 3.17. The Kier molecular flexibility index (Phi) is 6.34. The van der Waals surface area contributed by atoms with Crippen molar-refractivity contribution in [1.29, 1.82) is 0 Å². The van der Waals surface area contributed by atoms with Crippen LogP contribution in [0.4, 0.5) is 4.79 Å². The minimum atomic E-state index is -0.140. The minimum Gasteiger partial charge on any atom is -0.327 e. The van der Waals surface area contributed by atoms with E-state index in [-0.39, 0.29) is 12.1 Å². The fraction of sp³-hybridized carbons (Fsp3) is 0.261. The molecule has 3 aromatic rings. The van der Waals surface area contributed by atoms with Crippen LogP contribution in [0.3, 0.4) is 0 Å². The van der Waals surface area contributed by atoms with Gasteiger partial charge in [0, 0.05) is 29.0 Å². The molecule has 28 heavy (non-hydrogen) atoms. The zero-order valence-corrected chi connectivity index (χ0v) is 17.3. The van der Waals surface area contributed by atoms with E-state index in [0.29, 0.717) is 5.25 Å². The highest BCUT2D eigenvalue weighted by Gasteiger charge is 2.25. The van der Waals surface area contributed by atoms with Gasteiger partial charge in [0.05, 0.1) is 6.04 Å². The zero-order valence-electron chi connectivity index (χ0n) is 15.7. The van der Waals surface area contributed by atoms with E-state index in [1.54, 1.807) is 0 Å². The number of hydrogen-bond acceptors (Lipinski definition) is 3. The number of thiophene rings is 1. The lowest BCUT2D eigenvalue weighted by molar-refractivity contribution is 0.198. The summed E-state index contributed by atoms with van der Waals surface area (Å²) in [6.07, 6.45) is 1.000. The minimum absolute atomic E-state index is 0.0186. The van der Waals surface area contributed by atoms with Gasteiger partial charge in [0.25, 0.3) is 0 Å². The van der Waals surface area contributed by atoms with Gasteiger partial charge >= 0.3 is 6.03 Å². The summed E-state index contributed by atoms with van der Waals surface area (Å²) in [5, 5.41) is 5.91. The Labute approximate surface area is 174 Å². The number of carbonyl (C=O) groups excluding carboxylic acids is 1. The Balaban J connectivity index is 1.47. The number of carbonyl (C=O) groups is 1. The maximum atomic E-state index is 13.1. The van der Waals surface area contributed by atoms with Crippen LogP contribution >= 0.6 is 23.1 Å². The lowest BCUT2D eigenvalue weighted by atomic mass is 9.99. The highest BCUT2D eigenvalue weighted by molar-refractivity contribution is 7.99. The first kappa shape index (κ1) is 19.1. The van der Waals surface area contributed by atoms with E-state index in [4.69, 9.17) is 0 Å². The second kappa shape index (κ2) is 9.30. The standard InChI is InChI=1S/C23H24N2OS2/c26-23(25-14-13-21(28-17-15-25)20-12-7-16-27-20)24-22(18-8-3-1-4-9-18)19-10-5-2-6-11-19/h1-12,16,21-22H,13-15,17H2,(H,24,26). The monoisotopic (exact) mass is 408 g/mol. The summed E-state index contributed by atoms with van der Waals surface area (Å²) < 4.78 is 0. The van der Waals surface area contributed by atoms with Crippen LogP contribution in [-0.4, -0.2) is 29.8 Å². The number of nitrogens with one attached hydrogen (secondary N) is 1. The fourth-order valence-corrected chi connectivity index (χ4v) is 5.78. The van der Waals surface area contributed by atoms with Crippen molar-refractivity contribution in [1.82, 2.24) is 10.2 Å². The number of hydrogen-bond donors (Lipinski definition) is 1. The molecule has 1 aliphatic heterocycles. The van der Waals surface area contributed by atoms with Gasteiger partial charge in [0.15, 0.2) is 0 Å². The molecular weight excluding hydrogens is 384 g/mol. The molecule has 2 amide bonds. The van der Waals surface area contributed by atoms with Crippen molar-refractivity contribution in [2.45, 2.75) is 17.7 Å². The molecule has 0 aliphatic carbocycles. The third-order valence-corrected chi connectivity index (χ3v) is 7.47. The Bertz CT molecular complexity index is 829. The van der Waals surface area contributed by atoms with Crippen molar-refractivity contribution in [2.24, 2.45) is 0 Å². The number of benzene rings is 2. The van der Waals surface area contributed by atoms with Crippen molar-refractivity contribution in [3.05, 3.63) is 94.2 Å². The summed E-state index contributed by atoms with van der Waals surface area (Å²) in [5.74, 6) is 0.970. The number of nitrogens with zero attached hydrogens (tertiary/aromatic N) is 1. The van der Waals surface area contributed by atoms with E-state index in [9.17, 15) is 4.79 Å². The summed E-state index contributed by atoms with van der Waals surface area (Å²) in [7, 11) is 0. The van der Waals surface area contributed by atoms with Crippen LogP contribution in [0.25, 0.3) is 0 Å². The van der Waals surface area contributed by atoms with Crippen LogP contribution in [-0.2, 0) is 0 Å². The first-order valence-electron chi connectivity index (χ1n) is 9.61. The molecule has 5 heteroatoms. The number of rotatable bonds is 4. The molecule has 1 unspecified atom stereocenters. The maximum Gasteiger partial charge on any atom is 0.318 e. The van der Waals surface area contributed by atoms with Crippen molar-refractivity contribution in [3.63, 3.8) is 0 Å². The molecule has 0 saturated carbocycles. The van der Waals surface area contributed by atoms with Crippen LogP contribution in [0.15, 0.2) is 78.2 Å². The number of amides is 2. The Morgan fingerprint density at radius 1 is 0.929 bits per heavy atom. The summed E-state index contributed by atoms with van der Waals surface area (Å²) in [6, 6.07) is 24.6.